The van der Waals surface area contributed by atoms with Crippen molar-refractivity contribution in [2.75, 3.05) is 26.9 Å². The van der Waals surface area contributed by atoms with Gasteiger partial charge in [0, 0.05) is 23.8 Å². The van der Waals surface area contributed by atoms with E-state index in [4.69, 9.17) is 47.4 Å². The van der Waals surface area contributed by atoms with E-state index in [1.807, 2.05) is 55.4 Å². The molecule has 26 atom stereocenters. The van der Waals surface area contributed by atoms with Gasteiger partial charge in [-0.2, -0.15) is 0 Å². The van der Waals surface area contributed by atoms with Crippen molar-refractivity contribution in [2.45, 2.75) is 244 Å². The minimum Gasteiger partial charge on any atom is -0.467 e. The van der Waals surface area contributed by atoms with Crippen LogP contribution in [0.2, 0.25) is 0 Å². The van der Waals surface area contributed by atoms with Crippen LogP contribution in [-0.4, -0.2) is 218 Å². The number of benzene rings is 1. The van der Waals surface area contributed by atoms with E-state index in [-0.39, 0.29) is 23.8 Å². The largest absolute Gasteiger partial charge is 0.467 e. The first-order chi connectivity index (χ1) is 42.7. The third kappa shape index (κ3) is 12.4. The lowest BCUT2D eigenvalue weighted by molar-refractivity contribution is -0.383. The summed E-state index contributed by atoms with van der Waals surface area (Å²) in [5.74, 6) is -4.49. The van der Waals surface area contributed by atoms with Crippen LogP contribution in [0.5, 0.6) is 0 Å². The minimum atomic E-state index is -2.00. The van der Waals surface area contributed by atoms with Crippen molar-refractivity contribution in [3.8, 4) is 0 Å². The van der Waals surface area contributed by atoms with E-state index in [0.29, 0.717) is 44.9 Å². The number of rotatable bonds is 18. The maximum atomic E-state index is 14.4. The Bertz CT molecular complexity index is 2870. The molecule has 1 aromatic rings. The number of hydrogen-bond acceptors (Lipinski definition) is 24. The summed E-state index contributed by atoms with van der Waals surface area (Å²) < 4.78 is 61.6. The highest BCUT2D eigenvalue weighted by Gasteiger charge is 2.76. The Balaban J connectivity index is 1.06. The fourth-order valence-electron chi connectivity index (χ4n) is 17.8. The Morgan fingerprint density at radius 1 is 0.659 bits per heavy atom. The molecular weight excluding hydrogens is 1190 g/mol. The molecule has 1 aromatic carbocycles. The van der Waals surface area contributed by atoms with Gasteiger partial charge in [0.05, 0.1) is 56.2 Å². The summed E-state index contributed by atoms with van der Waals surface area (Å²) in [5.41, 5.74) is -3.01. The van der Waals surface area contributed by atoms with Crippen molar-refractivity contribution >= 4 is 23.9 Å². The molecule has 24 nitrogen and oxygen atoms in total. The van der Waals surface area contributed by atoms with Crippen LogP contribution in [0.15, 0.2) is 65.3 Å². The Hall–Kier alpha value is -4.32. The molecule has 5 aliphatic carbocycles. The van der Waals surface area contributed by atoms with Gasteiger partial charge in [0.1, 0.15) is 54.9 Å². The second-order valence-corrected chi connectivity index (χ2v) is 29.0. The van der Waals surface area contributed by atoms with Gasteiger partial charge < -0.3 is 98.4 Å². The summed E-state index contributed by atoms with van der Waals surface area (Å²) in [4.78, 5) is 55.7. The highest BCUT2D eigenvalue weighted by molar-refractivity contribution is 5.89. The number of ether oxygens (including phenoxy) is 10. The van der Waals surface area contributed by atoms with Gasteiger partial charge in [0.2, 0.25) is 0 Å². The van der Waals surface area contributed by atoms with E-state index in [0.717, 1.165) is 30.8 Å². The molecule has 0 radical (unpaired) electrons. The maximum absolute atomic E-state index is 14.4. The monoisotopic (exact) mass is 1290 g/mol. The fourth-order valence-corrected chi connectivity index (χ4v) is 17.8. The molecule has 24 heteroatoms. The van der Waals surface area contributed by atoms with Crippen LogP contribution >= 0.6 is 0 Å². The van der Waals surface area contributed by atoms with Crippen LogP contribution in [0, 0.1) is 50.2 Å². The Kier molecular flexibility index (Phi) is 21.1. The molecule has 91 heavy (non-hydrogen) atoms. The smallest absolute Gasteiger partial charge is 0.338 e. The van der Waals surface area contributed by atoms with Gasteiger partial charge in [-0.25, -0.2) is 14.4 Å². The summed E-state index contributed by atoms with van der Waals surface area (Å²) in [6.45, 7) is 18.9. The molecule has 8 aliphatic rings. The molecule has 510 valence electrons. The topological polar surface area (TPSA) is 363 Å². The average molecular weight is 1290 g/mol. The SMILES string of the molecule is COC(=O)[C@H]1O[C@@H](O[C@H]2CC[C@]3(C)[C@H]4CC=C5C6CC(C)(C)[C@@H](OC(=O)C=C(C)CCC=C(C)C)[C@H](OC(=O)c7ccccc7)[C@]6(CO)[C@H](O)[C@H](O)[C@@]5(C)[C@]4(C)CC[C@H]3C2(C)C)[C@H](O[C@@H]2O[C@H](CO)[C@@H](O)[C@H](O)[C@H]2O)[C@@H](OC(C)=O)[C@@H]1O[C@@H]1O[C@@H](CO)[C@H](O)[C@H]1O. The highest BCUT2D eigenvalue weighted by atomic mass is 16.8. The van der Waals surface area contributed by atoms with Gasteiger partial charge in [0.15, 0.2) is 43.3 Å². The third-order valence-corrected chi connectivity index (χ3v) is 22.8. The van der Waals surface area contributed by atoms with E-state index in [9.17, 15) is 70.2 Å². The van der Waals surface area contributed by atoms with Gasteiger partial charge in [-0.1, -0.05) is 95.5 Å². The summed E-state index contributed by atoms with van der Waals surface area (Å²) in [6, 6.07) is 8.29. The number of hydrogen-bond donors (Lipinski definition) is 10. The number of carbonyl (C=O) groups is 4. The zero-order chi connectivity index (χ0) is 66.8. The number of fused-ring (bicyclic) bond motifs is 7. The minimum absolute atomic E-state index is 0.162. The summed E-state index contributed by atoms with van der Waals surface area (Å²) in [7, 11) is 1.06. The Morgan fingerprint density at radius 2 is 1.27 bits per heavy atom. The number of allylic oxidation sites excluding steroid dienone is 4. The first-order valence-electron chi connectivity index (χ1n) is 32.0. The molecule has 3 heterocycles. The third-order valence-electron chi connectivity index (χ3n) is 22.8. The van der Waals surface area contributed by atoms with Crippen LogP contribution < -0.4 is 0 Å². The molecule has 0 amide bonds. The molecule has 4 saturated carbocycles. The van der Waals surface area contributed by atoms with E-state index < -0.39 is 199 Å². The molecule has 1 unspecified atom stereocenters. The lowest BCUT2D eigenvalue weighted by atomic mass is 9.32. The van der Waals surface area contributed by atoms with Crippen molar-refractivity contribution in [3.63, 3.8) is 0 Å². The maximum Gasteiger partial charge on any atom is 0.338 e. The number of aliphatic hydroxyl groups excluding tert-OH is 10. The second kappa shape index (κ2) is 27.1. The molecule has 0 aromatic heterocycles. The van der Waals surface area contributed by atoms with Crippen LogP contribution in [0.25, 0.3) is 0 Å². The quantitative estimate of drug-likeness (QED) is 0.0332. The second-order valence-electron chi connectivity index (χ2n) is 29.0. The van der Waals surface area contributed by atoms with Gasteiger partial charge >= 0.3 is 23.9 Å². The predicted molar refractivity (Wildman–Crippen MR) is 320 cm³/mol. The van der Waals surface area contributed by atoms with Crippen molar-refractivity contribution in [3.05, 3.63) is 70.8 Å². The van der Waals surface area contributed by atoms with E-state index in [2.05, 4.69) is 26.0 Å². The normalized spacial score (nSPS) is 44.1. The van der Waals surface area contributed by atoms with E-state index in [1.165, 1.54) is 6.08 Å². The van der Waals surface area contributed by atoms with Crippen molar-refractivity contribution in [1.82, 2.24) is 0 Å². The lowest BCUT2D eigenvalue weighted by Crippen LogP contribution is -2.76. The average Bonchev–Trinajstić information content (AvgIpc) is 0.921. The van der Waals surface area contributed by atoms with Crippen LogP contribution in [0.4, 0.5) is 0 Å². The van der Waals surface area contributed by atoms with Gasteiger partial charge in [0.25, 0.3) is 0 Å². The van der Waals surface area contributed by atoms with Gasteiger partial charge in [-0.15, -0.1) is 0 Å². The molecular formula is C67H98O24. The number of carbonyl (C=O) groups excluding carboxylic acids is 4. The number of esters is 4. The van der Waals surface area contributed by atoms with Crippen molar-refractivity contribution in [2.24, 2.45) is 50.2 Å². The standard InChI is InChI=1S/C67H98O24/c1-32(2)17-16-18-33(3)27-43(72)87-55-56(91-57(80)35-19-14-13-15-20-35)67(31-70)37(28-62(55,5)6)36-21-22-41-64(9)25-24-42(63(7,8)40(64)23-26-65(41,10)66(36,11)53(78)54(67)79)86-61-52(90-60-48(77)46(75)44(73)38(29-68)84-60)50(83-34(4)71)49(51(89-61)58(81)82-12)88-59-47(76)45(74)39(30-69)85-59/h13-15,17,19-21,27,37-42,44-56,59-61,68-70,73-79H,16,18,22-26,28-31H2,1-12H3/t37?,38-,39+,40+,41-,42+,44-,45+,46+,47-,48-,49+,50+,51+,52-,53+,54-,55+,56+,59+,60+,61-,64+,65-,66+,67+/m1/s1. The van der Waals surface area contributed by atoms with Crippen LogP contribution in [0.1, 0.15) is 138 Å². The number of methoxy groups -OCH3 is 1. The first-order valence-corrected chi connectivity index (χ1v) is 32.0. The Morgan fingerprint density at radius 3 is 1.87 bits per heavy atom. The number of aliphatic hydroxyl groups is 10. The van der Waals surface area contributed by atoms with Crippen LogP contribution in [-0.2, 0) is 61.8 Å². The first kappa shape index (κ1) is 71.0. The predicted octanol–water partition coefficient (Wildman–Crippen LogP) is 3.00. The summed E-state index contributed by atoms with van der Waals surface area (Å²) in [5, 5.41) is 113. The van der Waals surface area contributed by atoms with Crippen molar-refractivity contribution in [1.29, 1.82) is 0 Å². The molecule has 3 saturated heterocycles. The molecule has 0 spiro atoms. The highest BCUT2D eigenvalue weighted by Crippen LogP contribution is 2.76. The van der Waals surface area contributed by atoms with Gasteiger partial charge in [-0.3, -0.25) is 4.79 Å². The molecule has 0 bridgehead atoms. The Labute approximate surface area is 531 Å². The van der Waals surface area contributed by atoms with Gasteiger partial charge in [-0.05, 0) is 118 Å². The molecule has 7 fully saturated rings. The van der Waals surface area contributed by atoms with Crippen LogP contribution in [0.3, 0.4) is 0 Å². The lowest BCUT2D eigenvalue weighted by Gasteiger charge is -2.73. The summed E-state index contributed by atoms with van der Waals surface area (Å²) >= 11 is 0. The molecule has 9 rings (SSSR count). The fraction of sp³-hybridized carbons (Fsp3) is 0.761. The van der Waals surface area contributed by atoms with E-state index in [1.54, 1.807) is 30.3 Å². The van der Waals surface area contributed by atoms with E-state index >= 15 is 0 Å². The van der Waals surface area contributed by atoms with Crippen molar-refractivity contribution < 1.29 is 118 Å². The zero-order valence-corrected chi connectivity index (χ0v) is 54.3. The molecule has 10 N–H and O–H groups in total. The molecule has 3 aliphatic heterocycles. The zero-order valence-electron chi connectivity index (χ0n) is 54.3. The summed E-state index contributed by atoms with van der Waals surface area (Å²) in [6.07, 6.45) is -21.7.